The van der Waals surface area contributed by atoms with Crippen LogP contribution in [0.5, 0.6) is 0 Å². The number of hydrogen-bond acceptors (Lipinski definition) is 3. The zero-order valence-electron chi connectivity index (χ0n) is 11.6. The minimum atomic E-state index is -0.111. The largest absolute Gasteiger partial charge is 0.311 e. The van der Waals surface area contributed by atoms with Crippen molar-refractivity contribution in [1.29, 1.82) is 0 Å². The lowest BCUT2D eigenvalue weighted by atomic mass is 9.92. The number of rotatable bonds is 2. The van der Waals surface area contributed by atoms with E-state index in [2.05, 4.69) is 10.4 Å². The molecule has 1 saturated carbocycles. The predicted octanol–water partition coefficient (Wildman–Crippen LogP) is 2.83. The Hall–Kier alpha value is -1.82. The van der Waals surface area contributed by atoms with Gasteiger partial charge in [-0.25, -0.2) is 0 Å². The van der Waals surface area contributed by atoms with Crippen LogP contribution in [0.4, 0.5) is 5.82 Å². The topological polar surface area (TPSA) is 66.9 Å². The summed E-state index contributed by atoms with van der Waals surface area (Å²) in [5, 5.41) is 7.87. The molecule has 2 aliphatic rings. The maximum Gasteiger partial charge on any atom is 0.270 e. The standard InChI is InChI=1S/C15H17N3O2S/c19-12-8-10(11-6-3-7-21-11)13-14(16-12)18(17-15(13)20)9-4-1-2-5-9/h3,6-7,9-10H,1-2,4-5,8H2,(H,16,19)(H,17,20)/t10-/m1/s1. The van der Waals surface area contributed by atoms with E-state index in [1.807, 2.05) is 22.2 Å². The number of carbonyl (C=O) groups is 1. The number of nitrogens with zero attached hydrogens (tertiary/aromatic N) is 1. The van der Waals surface area contributed by atoms with E-state index in [9.17, 15) is 9.59 Å². The highest BCUT2D eigenvalue weighted by molar-refractivity contribution is 7.10. The number of aromatic nitrogens is 2. The molecule has 3 heterocycles. The summed E-state index contributed by atoms with van der Waals surface area (Å²) < 4.78 is 1.91. The molecular formula is C15H17N3O2S. The molecule has 2 N–H and O–H groups in total. The van der Waals surface area contributed by atoms with Crippen LogP contribution in [0.2, 0.25) is 0 Å². The first kappa shape index (κ1) is 12.9. The normalized spacial score (nSPS) is 22.3. The van der Waals surface area contributed by atoms with Gasteiger partial charge in [0.1, 0.15) is 5.82 Å². The first-order valence-corrected chi connectivity index (χ1v) is 8.29. The average Bonchev–Trinajstić information content (AvgIpc) is 3.18. The fourth-order valence-electron chi connectivity index (χ4n) is 3.55. The number of aromatic amines is 1. The van der Waals surface area contributed by atoms with Gasteiger partial charge < -0.3 is 5.32 Å². The summed E-state index contributed by atoms with van der Waals surface area (Å²) in [4.78, 5) is 25.6. The van der Waals surface area contributed by atoms with Gasteiger partial charge in [0.2, 0.25) is 5.91 Å². The van der Waals surface area contributed by atoms with Gasteiger partial charge in [-0.15, -0.1) is 11.3 Å². The monoisotopic (exact) mass is 303 g/mol. The number of nitrogens with one attached hydrogen (secondary N) is 2. The van der Waals surface area contributed by atoms with Gasteiger partial charge in [-0.2, -0.15) is 0 Å². The van der Waals surface area contributed by atoms with Crippen molar-refractivity contribution in [2.75, 3.05) is 5.32 Å². The Balaban J connectivity index is 1.84. The molecule has 0 radical (unpaired) electrons. The van der Waals surface area contributed by atoms with Gasteiger partial charge in [-0.1, -0.05) is 18.9 Å². The highest BCUT2D eigenvalue weighted by Gasteiger charge is 2.34. The molecular weight excluding hydrogens is 286 g/mol. The van der Waals surface area contributed by atoms with Crippen LogP contribution in [-0.4, -0.2) is 15.7 Å². The summed E-state index contributed by atoms with van der Waals surface area (Å²) in [6.07, 6.45) is 4.85. The van der Waals surface area contributed by atoms with Crippen LogP contribution < -0.4 is 10.9 Å². The second-order valence-corrected chi connectivity index (χ2v) is 6.81. The van der Waals surface area contributed by atoms with Gasteiger partial charge >= 0.3 is 0 Å². The van der Waals surface area contributed by atoms with Crippen molar-refractivity contribution in [3.8, 4) is 0 Å². The number of H-pyrrole nitrogens is 1. The molecule has 4 rings (SSSR count). The van der Waals surface area contributed by atoms with Crippen molar-refractivity contribution < 1.29 is 4.79 Å². The van der Waals surface area contributed by atoms with Crippen LogP contribution in [0.25, 0.3) is 0 Å². The molecule has 21 heavy (non-hydrogen) atoms. The molecule has 0 spiro atoms. The van der Waals surface area contributed by atoms with E-state index in [-0.39, 0.29) is 17.4 Å². The summed E-state index contributed by atoms with van der Waals surface area (Å²) in [6.45, 7) is 0. The molecule has 1 aliphatic heterocycles. The van der Waals surface area contributed by atoms with Gasteiger partial charge in [0.25, 0.3) is 5.56 Å². The quantitative estimate of drug-likeness (QED) is 0.896. The van der Waals surface area contributed by atoms with Gasteiger partial charge in [0, 0.05) is 17.2 Å². The Morgan fingerprint density at radius 3 is 2.76 bits per heavy atom. The van der Waals surface area contributed by atoms with E-state index in [0.29, 0.717) is 18.3 Å². The van der Waals surface area contributed by atoms with Gasteiger partial charge in [0.05, 0.1) is 11.6 Å². The molecule has 1 aliphatic carbocycles. The van der Waals surface area contributed by atoms with Crippen molar-refractivity contribution in [3.05, 3.63) is 38.3 Å². The Bertz CT molecular complexity index is 723. The summed E-state index contributed by atoms with van der Waals surface area (Å²) in [5.41, 5.74) is 0.666. The Kier molecular flexibility index (Phi) is 2.99. The van der Waals surface area contributed by atoms with Crippen molar-refractivity contribution in [2.24, 2.45) is 0 Å². The lowest BCUT2D eigenvalue weighted by molar-refractivity contribution is -0.116. The number of hydrogen-bond donors (Lipinski definition) is 2. The lowest BCUT2D eigenvalue weighted by Crippen LogP contribution is -2.26. The minimum absolute atomic E-state index is 0.00773. The number of thiophene rings is 1. The summed E-state index contributed by atoms with van der Waals surface area (Å²) in [7, 11) is 0. The summed E-state index contributed by atoms with van der Waals surface area (Å²) >= 11 is 1.60. The third-order valence-electron chi connectivity index (χ3n) is 4.53. The van der Waals surface area contributed by atoms with E-state index < -0.39 is 0 Å². The molecule has 1 amide bonds. The molecule has 2 aromatic heterocycles. The smallest absolute Gasteiger partial charge is 0.270 e. The van der Waals surface area contributed by atoms with Gasteiger partial charge in [-0.05, 0) is 24.3 Å². The molecule has 0 aromatic carbocycles. The van der Waals surface area contributed by atoms with E-state index >= 15 is 0 Å². The fraction of sp³-hybridized carbons (Fsp3) is 0.467. The third kappa shape index (κ3) is 2.05. The highest BCUT2D eigenvalue weighted by atomic mass is 32.1. The predicted molar refractivity (Wildman–Crippen MR) is 82.0 cm³/mol. The maximum absolute atomic E-state index is 12.4. The van der Waals surface area contributed by atoms with Crippen LogP contribution in [0.3, 0.4) is 0 Å². The SMILES string of the molecule is O=C1C[C@H](c2cccs2)c2c(n(C3CCCC3)[nH]c2=O)N1. The first-order chi connectivity index (χ1) is 10.2. The fourth-order valence-corrected chi connectivity index (χ4v) is 4.39. The van der Waals surface area contributed by atoms with E-state index in [4.69, 9.17) is 0 Å². The van der Waals surface area contributed by atoms with Crippen LogP contribution in [-0.2, 0) is 4.79 Å². The van der Waals surface area contributed by atoms with Crippen molar-refractivity contribution in [2.45, 2.75) is 44.1 Å². The zero-order chi connectivity index (χ0) is 14.4. The van der Waals surface area contributed by atoms with Crippen LogP contribution >= 0.6 is 11.3 Å². The zero-order valence-corrected chi connectivity index (χ0v) is 12.4. The second-order valence-electron chi connectivity index (χ2n) is 5.83. The Morgan fingerprint density at radius 2 is 2.05 bits per heavy atom. The Morgan fingerprint density at radius 1 is 1.24 bits per heavy atom. The van der Waals surface area contributed by atoms with Crippen LogP contribution in [0, 0.1) is 0 Å². The molecule has 6 heteroatoms. The Labute approximate surface area is 126 Å². The van der Waals surface area contributed by atoms with Crippen LogP contribution in [0.1, 0.15) is 54.5 Å². The number of fused-ring (bicyclic) bond motifs is 1. The average molecular weight is 303 g/mol. The summed E-state index contributed by atoms with van der Waals surface area (Å²) in [5.74, 6) is 0.577. The van der Waals surface area contributed by atoms with E-state index in [1.54, 1.807) is 11.3 Å². The highest BCUT2D eigenvalue weighted by Crippen LogP contribution is 2.39. The molecule has 1 fully saturated rings. The van der Waals surface area contributed by atoms with Crippen molar-refractivity contribution >= 4 is 23.1 Å². The molecule has 0 unspecified atom stereocenters. The maximum atomic E-state index is 12.4. The summed E-state index contributed by atoms with van der Waals surface area (Å²) in [6, 6.07) is 4.28. The number of anilines is 1. The first-order valence-electron chi connectivity index (χ1n) is 7.41. The molecule has 110 valence electrons. The molecule has 2 aromatic rings. The number of amides is 1. The number of carbonyl (C=O) groups excluding carboxylic acids is 1. The molecule has 0 bridgehead atoms. The van der Waals surface area contributed by atoms with Gasteiger partial charge in [0.15, 0.2) is 0 Å². The molecule has 1 atom stereocenters. The lowest BCUT2D eigenvalue weighted by Gasteiger charge is -2.23. The third-order valence-corrected chi connectivity index (χ3v) is 5.52. The van der Waals surface area contributed by atoms with E-state index in [0.717, 1.165) is 23.3 Å². The van der Waals surface area contributed by atoms with Crippen LogP contribution in [0.15, 0.2) is 22.3 Å². The minimum Gasteiger partial charge on any atom is -0.311 e. The van der Waals surface area contributed by atoms with Crippen molar-refractivity contribution in [1.82, 2.24) is 9.78 Å². The second kappa shape index (κ2) is 4.87. The van der Waals surface area contributed by atoms with Crippen molar-refractivity contribution in [3.63, 3.8) is 0 Å². The van der Waals surface area contributed by atoms with E-state index in [1.165, 1.54) is 12.8 Å². The molecule has 0 saturated heterocycles. The molecule has 5 nitrogen and oxygen atoms in total. The van der Waals surface area contributed by atoms with Gasteiger partial charge in [-0.3, -0.25) is 19.4 Å².